The highest BCUT2D eigenvalue weighted by molar-refractivity contribution is 7.95. The fourth-order valence-corrected chi connectivity index (χ4v) is 10.6. The van der Waals surface area contributed by atoms with Gasteiger partial charge in [0.15, 0.2) is 0 Å². The lowest BCUT2D eigenvalue weighted by Crippen LogP contribution is -2.66. The number of benzene rings is 3. The van der Waals surface area contributed by atoms with Gasteiger partial charge in [-0.25, -0.2) is 8.42 Å². The van der Waals surface area contributed by atoms with E-state index < -0.39 is 18.2 Å². The number of sulfone groups is 1. The second-order valence-corrected chi connectivity index (χ2v) is 16.2. The summed E-state index contributed by atoms with van der Waals surface area (Å²) in [7, 11) is -6.37. The molecule has 38 heavy (non-hydrogen) atoms. The van der Waals surface area contributed by atoms with Crippen molar-refractivity contribution in [3.05, 3.63) is 118 Å². The van der Waals surface area contributed by atoms with Gasteiger partial charge >= 0.3 is 0 Å². The number of azide groups is 1. The molecule has 8 heteroatoms. The van der Waals surface area contributed by atoms with Crippen LogP contribution < -0.4 is 10.4 Å². The molecule has 0 saturated heterocycles. The highest BCUT2D eigenvalue weighted by Gasteiger charge is 2.49. The lowest BCUT2D eigenvalue weighted by molar-refractivity contribution is 0.304. The Bertz CT molecular complexity index is 1350. The Morgan fingerprint density at radius 2 is 1.47 bits per heavy atom. The van der Waals surface area contributed by atoms with E-state index in [2.05, 4.69) is 85.1 Å². The summed E-state index contributed by atoms with van der Waals surface area (Å²) >= 11 is 0. The molecule has 0 fully saturated rings. The molecule has 0 bridgehead atoms. The second-order valence-electron chi connectivity index (χ2n) is 9.95. The van der Waals surface area contributed by atoms with Gasteiger partial charge in [0.1, 0.15) is 0 Å². The van der Waals surface area contributed by atoms with Crippen molar-refractivity contribution in [2.24, 2.45) is 5.11 Å². The maximum Gasteiger partial charge on any atom is 0.261 e. The third kappa shape index (κ3) is 6.92. The minimum atomic E-state index is -3.71. The zero-order chi connectivity index (χ0) is 27.5. The number of hydrogen-bond acceptors (Lipinski definition) is 4. The molecule has 0 unspecified atom stereocenters. The van der Waals surface area contributed by atoms with Gasteiger partial charge in [-0.2, -0.15) is 0 Å². The van der Waals surface area contributed by atoms with Crippen molar-refractivity contribution in [2.75, 3.05) is 13.2 Å². The summed E-state index contributed by atoms with van der Waals surface area (Å²) in [6, 6.07) is 29.2. The lowest BCUT2D eigenvalue weighted by Gasteiger charge is -2.43. The molecule has 0 N–H and O–H groups in total. The Morgan fingerprint density at radius 3 is 1.97 bits per heavy atom. The molecule has 0 aliphatic carbocycles. The molecule has 0 aliphatic heterocycles. The van der Waals surface area contributed by atoms with E-state index in [-0.39, 0.29) is 27.8 Å². The minimum Gasteiger partial charge on any atom is -0.407 e. The largest absolute Gasteiger partial charge is 0.407 e. The Morgan fingerprint density at radius 1 is 0.947 bits per heavy atom. The molecule has 0 spiro atoms. The van der Waals surface area contributed by atoms with Gasteiger partial charge in [-0.15, -0.1) is 5.73 Å². The van der Waals surface area contributed by atoms with Crippen LogP contribution in [0.2, 0.25) is 5.04 Å². The fourth-order valence-electron chi connectivity index (χ4n) is 4.60. The zero-order valence-corrected chi connectivity index (χ0v) is 24.1. The molecule has 3 rings (SSSR count). The maximum absolute atomic E-state index is 13.3. The molecular formula is C30H35N3O3SSi. The summed E-state index contributed by atoms with van der Waals surface area (Å²) in [4.78, 5) is 3.17. The first-order chi connectivity index (χ1) is 18.2. The van der Waals surface area contributed by atoms with E-state index in [1.807, 2.05) is 12.1 Å². The fraction of sp³-hybridized carbons (Fsp3) is 0.300. The molecule has 3 aromatic rings. The van der Waals surface area contributed by atoms with Gasteiger partial charge in [-0.05, 0) is 58.4 Å². The average molecular weight is 546 g/mol. The smallest absolute Gasteiger partial charge is 0.261 e. The molecule has 6 nitrogen and oxygen atoms in total. The van der Waals surface area contributed by atoms with E-state index in [0.29, 0.717) is 19.4 Å². The van der Waals surface area contributed by atoms with E-state index in [0.717, 1.165) is 0 Å². The molecule has 3 aromatic carbocycles. The van der Waals surface area contributed by atoms with Crippen LogP contribution in [0.15, 0.2) is 118 Å². The van der Waals surface area contributed by atoms with Crippen LogP contribution in [0.3, 0.4) is 0 Å². The van der Waals surface area contributed by atoms with Gasteiger partial charge < -0.3 is 4.43 Å². The quantitative estimate of drug-likeness (QED) is 0.0644. The number of hydrogen-bond donors (Lipinski definition) is 0. The van der Waals surface area contributed by atoms with Crippen LogP contribution >= 0.6 is 0 Å². The third-order valence-corrected chi connectivity index (χ3v) is 13.3. The highest BCUT2D eigenvalue weighted by atomic mass is 32.2. The first-order valence-corrected chi connectivity index (χ1v) is 16.1. The van der Waals surface area contributed by atoms with Crippen molar-refractivity contribution in [2.45, 2.75) is 50.0 Å². The SMILES string of the molecule is CC(C)(C)[Si](OCCC=C=C(CCCN=[N+]=[N-])S(=O)(=O)c1ccccc1)(c1ccccc1)c1ccccc1. The molecule has 0 saturated carbocycles. The highest BCUT2D eigenvalue weighted by Crippen LogP contribution is 2.36. The predicted octanol–water partition coefficient (Wildman–Crippen LogP) is 6.56. The maximum atomic E-state index is 13.3. The van der Waals surface area contributed by atoms with Gasteiger partial charge in [0.25, 0.3) is 8.32 Å². The summed E-state index contributed by atoms with van der Waals surface area (Å²) in [6.07, 6.45) is 2.92. The van der Waals surface area contributed by atoms with Crippen LogP contribution in [0, 0.1) is 0 Å². The van der Waals surface area contributed by atoms with Crippen molar-refractivity contribution in [3.8, 4) is 0 Å². The summed E-state index contributed by atoms with van der Waals surface area (Å²) in [5.74, 6) is 0. The van der Waals surface area contributed by atoms with Crippen molar-refractivity contribution in [1.82, 2.24) is 0 Å². The third-order valence-electron chi connectivity index (χ3n) is 6.36. The second kappa shape index (κ2) is 13.4. The molecular weight excluding hydrogens is 511 g/mol. The lowest BCUT2D eigenvalue weighted by atomic mass is 10.2. The Kier molecular flexibility index (Phi) is 10.3. The molecule has 0 radical (unpaired) electrons. The number of rotatable bonds is 12. The Hall–Kier alpha value is -3.38. The first-order valence-electron chi connectivity index (χ1n) is 12.7. The van der Waals surface area contributed by atoms with Crippen LogP contribution in [0.5, 0.6) is 0 Å². The van der Waals surface area contributed by atoms with Crippen LogP contribution in [0.4, 0.5) is 0 Å². The van der Waals surface area contributed by atoms with E-state index >= 15 is 0 Å². The van der Waals surface area contributed by atoms with Crippen LogP contribution in [0.25, 0.3) is 10.4 Å². The van der Waals surface area contributed by atoms with Crippen LogP contribution in [0.1, 0.15) is 40.0 Å². The summed E-state index contributed by atoms with van der Waals surface area (Å²) in [6.45, 7) is 7.33. The van der Waals surface area contributed by atoms with Gasteiger partial charge in [-0.3, -0.25) is 0 Å². The average Bonchev–Trinajstić information content (AvgIpc) is 2.92. The Labute approximate surface area is 227 Å². The monoisotopic (exact) mass is 545 g/mol. The van der Waals surface area contributed by atoms with Crippen molar-refractivity contribution in [1.29, 1.82) is 0 Å². The Balaban J connectivity index is 1.91. The van der Waals surface area contributed by atoms with E-state index in [1.54, 1.807) is 36.4 Å². The van der Waals surface area contributed by atoms with Crippen LogP contribution in [-0.4, -0.2) is 29.9 Å². The van der Waals surface area contributed by atoms with Gasteiger partial charge in [0, 0.05) is 18.1 Å². The normalized spacial score (nSPS) is 11.8. The molecule has 0 amide bonds. The van der Waals surface area contributed by atoms with E-state index in [1.165, 1.54) is 10.4 Å². The molecule has 0 aromatic heterocycles. The minimum absolute atomic E-state index is 0.141. The van der Waals surface area contributed by atoms with E-state index in [4.69, 9.17) is 9.96 Å². The van der Waals surface area contributed by atoms with Crippen molar-refractivity contribution in [3.63, 3.8) is 0 Å². The first kappa shape index (κ1) is 29.2. The predicted molar refractivity (Wildman–Crippen MR) is 157 cm³/mol. The van der Waals surface area contributed by atoms with Crippen LogP contribution in [-0.2, 0) is 14.3 Å². The summed E-state index contributed by atoms with van der Waals surface area (Å²) in [5, 5.41) is 5.79. The van der Waals surface area contributed by atoms with Crippen molar-refractivity contribution < 1.29 is 12.8 Å². The zero-order valence-electron chi connectivity index (χ0n) is 22.2. The molecule has 0 heterocycles. The van der Waals surface area contributed by atoms with Gasteiger partial charge in [0.2, 0.25) is 9.84 Å². The topological polar surface area (TPSA) is 92.1 Å². The summed E-state index contributed by atoms with van der Waals surface area (Å²) in [5.41, 5.74) is 11.6. The standard InChI is InChI=1S/C30H35N3O3SSi/c1-30(2,3)38(28-20-9-5-10-21-28,29-22-11-6-12-23-29)36-25-14-13-18-27(19-15-24-32-33-31)37(34,35)26-16-7-4-8-17-26/h4-13,16-17,20-23H,14-15,19,24-25H2,1-3H3. The molecule has 198 valence electrons. The summed E-state index contributed by atoms with van der Waals surface area (Å²) < 4.78 is 33.4. The van der Waals surface area contributed by atoms with Gasteiger partial charge in [-0.1, -0.05) is 105 Å². The number of nitrogens with zero attached hydrogens (tertiary/aromatic N) is 3. The van der Waals surface area contributed by atoms with Crippen molar-refractivity contribution >= 4 is 28.5 Å². The molecule has 0 aliphatic rings. The molecule has 0 atom stereocenters. The van der Waals surface area contributed by atoms with Gasteiger partial charge in [0.05, 0.1) is 9.80 Å². The van der Waals surface area contributed by atoms with E-state index in [9.17, 15) is 8.42 Å².